The molecule has 4 rings (SSSR count). The van der Waals surface area contributed by atoms with Crippen molar-refractivity contribution in [2.45, 2.75) is 24.9 Å². The Bertz CT molecular complexity index is 586. The lowest BCUT2D eigenvalue weighted by Crippen LogP contribution is -2.39. The first kappa shape index (κ1) is 12.6. The van der Waals surface area contributed by atoms with Gasteiger partial charge in [-0.05, 0) is 6.42 Å². The van der Waals surface area contributed by atoms with Crippen molar-refractivity contribution in [3.8, 4) is 0 Å². The van der Waals surface area contributed by atoms with Crippen LogP contribution in [0, 0.1) is 0 Å². The van der Waals surface area contributed by atoms with Gasteiger partial charge in [-0.1, -0.05) is 11.3 Å². The van der Waals surface area contributed by atoms with E-state index in [2.05, 4.69) is 20.6 Å². The topological polar surface area (TPSA) is 73.6 Å². The maximum atomic E-state index is 5.72. The molecule has 1 N–H and O–H groups in total. The molecule has 2 atom stereocenters. The largest absolute Gasteiger partial charge is 0.381 e. The molecular formula is C12H17N5O2S. The highest BCUT2D eigenvalue weighted by atomic mass is 32.1. The van der Waals surface area contributed by atoms with E-state index in [9.17, 15) is 0 Å². The van der Waals surface area contributed by atoms with Crippen LogP contribution in [-0.4, -0.2) is 58.8 Å². The van der Waals surface area contributed by atoms with Crippen molar-refractivity contribution in [3.63, 3.8) is 0 Å². The van der Waals surface area contributed by atoms with E-state index in [1.165, 1.54) is 0 Å². The van der Waals surface area contributed by atoms with Gasteiger partial charge in [0.15, 0.2) is 5.82 Å². The molecule has 2 aliphatic rings. The zero-order chi connectivity index (χ0) is 13.4. The first-order valence-electron chi connectivity index (χ1n) is 7.01. The molecule has 2 fully saturated rings. The van der Waals surface area contributed by atoms with Gasteiger partial charge in [-0.2, -0.15) is 9.61 Å². The van der Waals surface area contributed by atoms with Gasteiger partial charge in [0, 0.05) is 32.0 Å². The number of hydrogen-bond acceptors (Lipinski definition) is 7. The Morgan fingerprint density at radius 3 is 3.15 bits per heavy atom. The smallest absolute Gasteiger partial charge is 0.234 e. The van der Waals surface area contributed by atoms with Crippen molar-refractivity contribution in [1.82, 2.24) is 25.1 Å². The SMILES string of the molecule is C1COC(Cc2nn3c(C4CCOC4)nnc3s2)CN1. The standard InChI is InChI=1S/C12H17N5O2S/c1-3-18-7-8(1)11-14-15-12-17(11)16-10(20-12)5-9-6-13-2-4-19-9/h8-9,13H,1-7H2. The zero-order valence-corrected chi connectivity index (χ0v) is 11.9. The third-order valence-electron chi connectivity index (χ3n) is 3.76. The molecule has 20 heavy (non-hydrogen) atoms. The van der Waals surface area contributed by atoms with Gasteiger partial charge in [0.05, 0.1) is 19.3 Å². The van der Waals surface area contributed by atoms with Gasteiger partial charge in [0.1, 0.15) is 5.01 Å². The Balaban J connectivity index is 1.55. The van der Waals surface area contributed by atoms with Crippen molar-refractivity contribution in [2.24, 2.45) is 0 Å². The van der Waals surface area contributed by atoms with Gasteiger partial charge in [-0.3, -0.25) is 0 Å². The van der Waals surface area contributed by atoms with Crippen LogP contribution in [0.2, 0.25) is 0 Å². The monoisotopic (exact) mass is 295 g/mol. The number of nitrogens with one attached hydrogen (secondary N) is 1. The third kappa shape index (κ3) is 2.32. The Labute approximate surface area is 120 Å². The Morgan fingerprint density at radius 2 is 2.35 bits per heavy atom. The number of aromatic nitrogens is 4. The highest BCUT2D eigenvalue weighted by Gasteiger charge is 2.25. The summed E-state index contributed by atoms with van der Waals surface area (Å²) in [7, 11) is 0. The number of fused-ring (bicyclic) bond motifs is 1. The van der Waals surface area contributed by atoms with Crippen molar-refractivity contribution < 1.29 is 9.47 Å². The first-order valence-corrected chi connectivity index (χ1v) is 7.83. The van der Waals surface area contributed by atoms with Crippen LogP contribution in [0.4, 0.5) is 0 Å². The van der Waals surface area contributed by atoms with Gasteiger partial charge >= 0.3 is 0 Å². The minimum atomic E-state index is 0.214. The van der Waals surface area contributed by atoms with Crippen molar-refractivity contribution in [3.05, 3.63) is 10.8 Å². The molecular weight excluding hydrogens is 278 g/mol. The summed E-state index contributed by atoms with van der Waals surface area (Å²) in [6, 6.07) is 0. The van der Waals surface area contributed by atoms with E-state index in [0.29, 0.717) is 5.92 Å². The quantitative estimate of drug-likeness (QED) is 0.873. The van der Waals surface area contributed by atoms with Gasteiger partial charge in [-0.25, -0.2) is 0 Å². The van der Waals surface area contributed by atoms with Crippen LogP contribution in [0.25, 0.3) is 4.96 Å². The third-order valence-corrected chi connectivity index (χ3v) is 4.68. The van der Waals surface area contributed by atoms with Crippen LogP contribution in [0.15, 0.2) is 0 Å². The van der Waals surface area contributed by atoms with Crippen LogP contribution in [-0.2, 0) is 15.9 Å². The molecule has 0 aromatic carbocycles. The van der Waals surface area contributed by atoms with Gasteiger partial charge in [0.2, 0.25) is 4.96 Å². The number of rotatable bonds is 3. The molecule has 2 saturated heterocycles. The molecule has 2 aliphatic heterocycles. The molecule has 8 heteroatoms. The minimum absolute atomic E-state index is 0.214. The summed E-state index contributed by atoms with van der Waals surface area (Å²) >= 11 is 1.60. The van der Waals surface area contributed by atoms with Crippen LogP contribution >= 0.6 is 11.3 Å². The molecule has 0 aliphatic carbocycles. The fourth-order valence-corrected chi connectivity index (χ4v) is 3.60. The fourth-order valence-electron chi connectivity index (χ4n) is 2.69. The van der Waals surface area contributed by atoms with E-state index >= 15 is 0 Å². The number of hydrogen-bond donors (Lipinski definition) is 1. The molecule has 108 valence electrons. The summed E-state index contributed by atoms with van der Waals surface area (Å²) in [6.45, 7) is 4.14. The summed E-state index contributed by atoms with van der Waals surface area (Å²) in [4.78, 5) is 0.866. The lowest BCUT2D eigenvalue weighted by Gasteiger charge is -2.22. The second kappa shape index (κ2) is 5.36. The molecule has 0 spiro atoms. The Morgan fingerprint density at radius 1 is 1.35 bits per heavy atom. The molecule has 2 aromatic rings. The normalized spacial score (nSPS) is 27.4. The fraction of sp³-hybridized carbons (Fsp3) is 0.750. The van der Waals surface area contributed by atoms with E-state index in [-0.39, 0.29) is 6.10 Å². The van der Waals surface area contributed by atoms with Crippen molar-refractivity contribution >= 4 is 16.3 Å². The average Bonchev–Trinajstić information content (AvgIpc) is 3.15. The molecule has 0 saturated carbocycles. The van der Waals surface area contributed by atoms with E-state index in [1.54, 1.807) is 11.3 Å². The zero-order valence-electron chi connectivity index (χ0n) is 11.1. The molecule has 0 bridgehead atoms. The van der Waals surface area contributed by atoms with Crippen LogP contribution in [0.3, 0.4) is 0 Å². The van der Waals surface area contributed by atoms with Crippen LogP contribution in [0.5, 0.6) is 0 Å². The van der Waals surface area contributed by atoms with Gasteiger partial charge < -0.3 is 14.8 Å². The Kier molecular flexibility index (Phi) is 3.39. The van der Waals surface area contributed by atoms with E-state index < -0.39 is 0 Å². The maximum absolute atomic E-state index is 5.72. The summed E-state index contributed by atoms with van der Waals surface area (Å²) in [5.41, 5.74) is 0. The lowest BCUT2D eigenvalue weighted by atomic mass is 10.1. The molecule has 0 amide bonds. The van der Waals surface area contributed by atoms with Gasteiger partial charge in [-0.15, -0.1) is 10.2 Å². The number of morpholine rings is 1. The second-order valence-corrected chi connectivity index (χ2v) is 6.25. The first-order chi connectivity index (χ1) is 9.90. The van der Waals surface area contributed by atoms with E-state index in [1.807, 2.05) is 4.52 Å². The number of ether oxygens (including phenoxy) is 2. The molecule has 4 heterocycles. The summed E-state index contributed by atoms with van der Waals surface area (Å²) in [5.74, 6) is 1.26. The predicted octanol–water partition coefficient (Wildman–Crippen LogP) is 0.221. The lowest BCUT2D eigenvalue weighted by molar-refractivity contribution is 0.0291. The van der Waals surface area contributed by atoms with E-state index in [0.717, 1.165) is 61.5 Å². The summed E-state index contributed by atoms with van der Waals surface area (Å²) < 4.78 is 13.0. The average molecular weight is 295 g/mol. The second-order valence-electron chi connectivity index (χ2n) is 5.21. The molecule has 2 aromatic heterocycles. The maximum Gasteiger partial charge on any atom is 0.234 e. The molecule has 2 unspecified atom stereocenters. The molecule has 7 nitrogen and oxygen atoms in total. The highest BCUT2D eigenvalue weighted by molar-refractivity contribution is 7.16. The summed E-state index contributed by atoms with van der Waals surface area (Å²) in [6.07, 6.45) is 2.05. The van der Waals surface area contributed by atoms with Crippen molar-refractivity contribution in [1.29, 1.82) is 0 Å². The number of nitrogens with zero attached hydrogens (tertiary/aromatic N) is 4. The minimum Gasteiger partial charge on any atom is -0.381 e. The molecule has 0 radical (unpaired) electrons. The van der Waals surface area contributed by atoms with Crippen LogP contribution < -0.4 is 5.32 Å². The van der Waals surface area contributed by atoms with Gasteiger partial charge in [0.25, 0.3) is 0 Å². The Hall–Kier alpha value is -1.09. The van der Waals surface area contributed by atoms with Crippen LogP contribution in [0.1, 0.15) is 23.2 Å². The van der Waals surface area contributed by atoms with E-state index in [4.69, 9.17) is 9.47 Å². The predicted molar refractivity (Wildman–Crippen MR) is 73.1 cm³/mol. The van der Waals surface area contributed by atoms with Crippen molar-refractivity contribution in [2.75, 3.05) is 32.9 Å². The summed E-state index contributed by atoms with van der Waals surface area (Å²) in [5, 5.41) is 17.6. The highest BCUT2D eigenvalue weighted by Crippen LogP contribution is 2.26.